The van der Waals surface area contributed by atoms with E-state index in [2.05, 4.69) is 21.3 Å². The number of hydrogen-bond acceptors (Lipinski definition) is 9. The Hall–Kier alpha value is -6.29. The van der Waals surface area contributed by atoms with Crippen LogP contribution < -0.4 is 27.0 Å². The number of phenols is 1. The van der Waals surface area contributed by atoms with Crippen molar-refractivity contribution in [2.24, 2.45) is 5.73 Å². The summed E-state index contributed by atoms with van der Waals surface area (Å²) in [5, 5.41) is 47.9. The Labute approximate surface area is 304 Å². The van der Waals surface area contributed by atoms with E-state index in [1.807, 2.05) is 0 Å². The van der Waals surface area contributed by atoms with Gasteiger partial charge in [0.15, 0.2) is 0 Å². The molecule has 0 fully saturated rings. The van der Waals surface area contributed by atoms with Gasteiger partial charge in [0.1, 0.15) is 29.9 Å². The third-order valence-corrected chi connectivity index (χ3v) is 8.11. The van der Waals surface area contributed by atoms with Crippen LogP contribution in [0.15, 0.2) is 84.9 Å². The summed E-state index contributed by atoms with van der Waals surface area (Å²) in [7, 11) is 0. The van der Waals surface area contributed by atoms with Crippen LogP contribution >= 0.6 is 0 Å². The van der Waals surface area contributed by atoms with Crippen LogP contribution in [0, 0.1) is 0 Å². The largest absolute Gasteiger partial charge is 0.508 e. The summed E-state index contributed by atoms with van der Waals surface area (Å²) in [6.07, 6.45) is -1.96. The Morgan fingerprint density at radius 1 is 0.491 bits per heavy atom. The highest BCUT2D eigenvalue weighted by molar-refractivity contribution is 5.96. The van der Waals surface area contributed by atoms with Crippen LogP contribution in [0.5, 0.6) is 5.75 Å². The van der Waals surface area contributed by atoms with Crippen LogP contribution in [0.2, 0.25) is 0 Å². The third-order valence-electron chi connectivity index (χ3n) is 8.11. The molecule has 10 N–H and O–H groups in total. The van der Waals surface area contributed by atoms with Crippen LogP contribution in [-0.2, 0) is 52.8 Å². The molecular weight excluding hydrogens is 690 g/mol. The lowest BCUT2D eigenvalue weighted by molar-refractivity contribution is -0.142. The number of aliphatic carboxylic acids is 3. The number of carbonyl (C=O) groups is 7. The van der Waals surface area contributed by atoms with E-state index in [9.17, 15) is 48.9 Å². The van der Waals surface area contributed by atoms with Gasteiger partial charge in [-0.25, -0.2) is 4.79 Å². The van der Waals surface area contributed by atoms with Crippen molar-refractivity contribution in [3.63, 3.8) is 0 Å². The van der Waals surface area contributed by atoms with Crippen molar-refractivity contribution in [2.75, 3.05) is 0 Å². The topological polar surface area (TPSA) is 275 Å². The summed E-state index contributed by atoms with van der Waals surface area (Å²) in [4.78, 5) is 88.6. The maximum absolute atomic E-state index is 14.0. The van der Waals surface area contributed by atoms with Gasteiger partial charge in [-0.05, 0) is 41.7 Å². The van der Waals surface area contributed by atoms with E-state index in [0.29, 0.717) is 16.7 Å². The molecule has 0 spiro atoms. The van der Waals surface area contributed by atoms with Crippen molar-refractivity contribution in [3.05, 3.63) is 102 Å². The van der Waals surface area contributed by atoms with E-state index in [1.165, 1.54) is 24.3 Å². The smallest absolute Gasteiger partial charge is 0.326 e. The van der Waals surface area contributed by atoms with Crippen molar-refractivity contribution < 1.29 is 54.0 Å². The SMILES string of the molecule is N[C@@H](CCC(=O)O)C(=O)N[C@@H](CCC(=O)O)C(=O)N[C@@H](Cc1ccccc1)C(=O)N[C@@H](Cc1ccc(O)cc1)C(=O)N[C@@H](Cc1ccccc1)C(=O)O. The Morgan fingerprint density at radius 2 is 0.868 bits per heavy atom. The van der Waals surface area contributed by atoms with Crippen LogP contribution in [0.25, 0.3) is 0 Å². The first-order chi connectivity index (χ1) is 25.2. The van der Waals surface area contributed by atoms with Gasteiger partial charge in [0.05, 0.1) is 6.04 Å². The molecule has 5 atom stereocenters. The number of carboxylic acid groups (broad SMARTS) is 3. The molecule has 0 bridgehead atoms. The summed E-state index contributed by atoms with van der Waals surface area (Å²) in [6.45, 7) is 0. The highest BCUT2D eigenvalue weighted by atomic mass is 16.4. The van der Waals surface area contributed by atoms with Crippen molar-refractivity contribution in [1.82, 2.24) is 21.3 Å². The van der Waals surface area contributed by atoms with E-state index >= 15 is 0 Å². The minimum absolute atomic E-state index is 0.0504. The molecule has 0 unspecified atom stereocenters. The van der Waals surface area contributed by atoms with Gasteiger partial charge in [-0.3, -0.25) is 28.8 Å². The van der Waals surface area contributed by atoms with Gasteiger partial charge in [0.2, 0.25) is 23.6 Å². The second-order valence-electron chi connectivity index (χ2n) is 12.3. The van der Waals surface area contributed by atoms with Gasteiger partial charge in [0, 0.05) is 32.1 Å². The van der Waals surface area contributed by atoms with Crippen molar-refractivity contribution in [3.8, 4) is 5.75 Å². The zero-order chi connectivity index (χ0) is 38.9. The number of hydrogen-bond donors (Lipinski definition) is 9. The van der Waals surface area contributed by atoms with E-state index in [1.54, 1.807) is 60.7 Å². The molecule has 0 saturated carbocycles. The number of amides is 4. The monoisotopic (exact) mass is 733 g/mol. The van der Waals surface area contributed by atoms with Crippen molar-refractivity contribution >= 4 is 41.5 Å². The Morgan fingerprint density at radius 3 is 1.32 bits per heavy atom. The second-order valence-corrected chi connectivity index (χ2v) is 12.3. The van der Waals surface area contributed by atoms with Crippen LogP contribution in [0.3, 0.4) is 0 Å². The molecule has 0 aromatic heterocycles. The molecule has 3 aromatic carbocycles. The highest BCUT2D eigenvalue weighted by Crippen LogP contribution is 2.13. The number of aromatic hydroxyl groups is 1. The molecule has 16 nitrogen and oxygen atoms in total. The quantitative estimate of drug-likeness (QED) is 0.0724. The van der Waals surface area contributed by atoms with Gasteiger partial charge in [0.25, 0.3) is 0 Å². The first kappa shape index (κ1) is 41.1. The third kappa shape index (κ3) is 14.5. The Balaban J connectivity index is 1.90. The minimum atomic E-state index is -1.49. The van der Waals surface area contributed by atoms with E-state index in [0.717, 1.165) is 0 Å². The Bertz CT molecular complexity index is 1720. The molecule has 0 saturated heterocycles. The highest BCUT2D eigenvalue weighted by Gasteiger charge is 2.32. The fourth-order valence-corrected chi connectivity index (χ4v) is 5.23. The molecule has 0 heterocycles. The van der Waals surface area contributed by atoms with E-state index < -0.39 is 91.0 Å². The van der Waals surface area contributed by atoms with Crippen LogP contribution in [0.4, 0.5) is 0 Å². The normalized spacial score (nSPS) is 13.6. The molecular formula is C37H43N5O11. The summed E-state index contributed by atoms with van der Waals surface area (Å²) in [6, 6.07) is 15.9. The molecule has 0 radical (unpaired) electrons. The van der Waals surface area contributed by atoms with Crippen LogP contribution in [-0.4, -0.2) is 92.2 Å². The molecule has 0 aliphatic carbocycles. The lowest BCUT2D eigenvalue weighted by Crippen LogP contribution is -2.59. The van der Waals surface area contributed by atoms with Gasteiger partial charge in [-0.15, -0.1) is 0 Å². The average Bonchev–Trinajstić information content (AvgIpc) is 3.12. The fourth-order valence-electron chi connectivity index (χ4n) is 5.23. The van der Waals surface area contributed by atoms with Crippen LogP contribution in [0.1, 0.15) is 42.4 Å². The summed E-state index contributed by atoms with van der Waals surface area (Å²) in [5.41, 5.74) is 7.52. The number of rotatable bonds is 21. The van der Waals surface area contributed by atoms with Crippen molar-refractivity contribution in [2.45, 2.75) is 75.2 Å². The van der Waals surface area contributed by atoms with E-state index in [-0.39, 0.29) is 31.4 Å². The van der Waals surface area contributed by atoms with Crippen molar-refractivity contribution in [1.29, 1.82) is 0 Å². The molecule has 53 heavy (non-hydrogen) atoms. The number of phenolic OH excluding ortho intramolecular Hbond substituents is 1. The first-order valence-corrected chi connectivity index (χ1v) is 16.7. The first-order valence-electron chi connectivity index (χ1n) is 16.7. The summed E-state index contributed by atoms with van der Waals surface area (Å²) in [5.74, 6) is -7.41. The molecule has 0 aliphatic heterocycles. The summed E-state index contributed by atoms with van der Waals surface area (Å²) >= 11 is 0. The number of nitrogens with one attached hydrogen (secondary N) is 4. The van der Waals surface area contributed by atoms with E-state index in [4.69, 9.17) is 10.8 Å². The standard InChI is InChI=1S/C37H43N5O11/c38-26(15-17-31(44)45)33(48)39-27(16-18-32(46)47)34(49)40-28(19-22-7-3-1-4-8-22)35(50)41-29(20-24-11-13-25(43)14-12-24)36(51)42-30(37(52)53)21-23-9-5-2-6-10-23/h1-14,26-30,43H,15-21,38H2,(H,39,48)(H,40,49)(H,41,50)(H,42,51)(H,44,45)(H,46,47)(H,52,53)/t26-,27-,28-,29-,30-/m0/s1. The lowest BCUT2D eigenvalue weighted by atomic mass is 10.0. The number of benzene rings is 3. The van der Waals surface area contributed by atoms with Gasteiger partial charge in [-0.2, -0.15) is 0 Å². The van der Waals surface area contributed by atoms with Gasteiger partial charge in [-0.1, -0.05) is 72.8 Å². The number of nitrogens with two attached hydrogens (primary N) is 1. The average molecular weight is 734 g/mol. The number of carbonyl (C=O) groups excluding carboxylic acids is 4. The predicted molar refractivity (Wildman–Crippen MR) is 189 cm³/mol. The Kier molecular flexibility index (Phi) is 15.9. The minimum Gasteiger partial charge on any atom is -0.508 e. The molecule has 4 amide bonds. The molecule has 0 aliphatic rings. The lowest BCUT2D eigenvalue weighted by Gasteiger charge is -2.26. The zero-order valence-electron chi connectivity index (χ0n) is 28.6. The van der Waals surface area contributed by atoms with Gasteiger partial charge < -0.3 is 47.4 Å². The predicted octanol–water partition coefficient (Wildman–Crippen LogP) is 0.501. The number of carboxylic acids is 3. The molecule has 3 rings (SSSR count). The zero-order valence-corrected chi connectivity index (χ0v) is 28.6. The van der Waals surface area contributed by atoms with Gasteiger partial charge >= 0.3 is 17.9 Å². The second kappa shape index (κ2) is 20.5. The molecule has 3 aromatic rings. The molecule has 282 valence electrons. The maximum atomic E-state index is 14.0. The maximum Gasteiger partial charge on any atom is 0.326 e. The molecule has 16 heteroatoms. The fraction of sp³-hybridized carbons (Fsp3) is 0.324. The summed E-state index contributed by atoms with van der Waals surface area (Å²) < 4.78 is 0.